The maximum Gasteiger partial charge on any atom is 0.249 e. The quantitative estimate of drug-likeness (QED) is 0.838. The molecule has 2 amide bonds. The molecular formula is C16H21Cl2N3O3. The molecule has 2 heterocycles. The van der Waals surface area contributed by atoms with Gasteiger partial charge in [0.15, 0.2) is 0 Å². The highest BCUT2D eigenvalue weighted by atomic mass is 35.5. The number of benzene rings is 1. The molecular weight excluding hydrogens is 353 g/mol. The van der Waals surface area contributed by atoms with Crippen LogP contribution in [-0.4, -0.2) is 49.7 Å². The van der Waals surface area contributed by atoms with Gasteiger partial charge in [-0.05, 0) is 25.5 Å². The highest BCUT2D eigenvalue weighted by Gasteiger charge is 2.37. The normalized spacial score (nSPS) is 26.8. The van der Waals surface area contributed by atoms with Crippen molar-refractivity contribution in [3.63, 3.8) is 0 Å². The van der Waals surface area contributed by atoms with Gasteiger partial charge in [-0.3, -0.25) is 9.59 Å². The average Bonchev–Trinajstić information content (AvgIpc) is 2.89. The van der Waals surface area contributed by atoms with Crippen LogP contribution in [0.2, 0.25) is 5.02 Å². The maximum atomic E-state index is 12.6. The number of morpholine rings is 1. The number of nitrogens with zero attached hydrogens (tertiary/aromatic N) is 1. The second-order valence-corrected chi connectivity index (χ2v) is 6.21. The molecule has 3 atom stereocenters. The summed E-state index contributed by atoms with van der Waals surface area (Å²) in [6.07, 6.45) is 0.359. The molecule has 132 valence electrons. The van der Waals surface area contributed by atoms with Crippen LogP contribution in [0.15, 0.2) is 24.3 Å². The fourth-order valence-electron chi connectivity index (χ4n) is 3.01. The highest BCUT2D eigenvalue weighted by Crippen LogP contribution is 2.29. The summed E-state index contributed by atoms with van der Waals surface area (Å²) in [4.78, 5) is 26.6. The summed E-state index contributed by atoms with van der Waals surface area (Å²) in [7, 11) is 0. The molecule has 6 nitrogen and oxygen atoms in total. The molecule has 1 aromatic carbocycles. The van der Waals surface area contributed by atoms with E-state index in [1.807, 2.05) is 25.1 Å². The Morgan fingerprint density at radius 3 is 2.88 bits per heavy atom. The molecule has 0 aromatic heterocycles. The predicted octanol–water partition coefficient (Wildman–Crippen LogP) is 1.36. The Kier molecular flexibility index (Phi) is 6.46. The van der Waals surface area contributed by atoms with Gasteiger partial charge in [0.25, 0.3) is 0 Å². The highest BCUT2D eigenvalue weighted by molar-refractivity contribution is 6.34. The Morgan fingerprint density at radius 2 is 2.17 bits per heavy atom. The fraction of sp³-hybridized carbons (Fsp3) is 0.500. The fourth-order valence-corrected chi connectivity index (χ4v) is 3.25. The third-order valence-corrected chi connectivity index (χ3v) is 4.58. The van der Waals surface area contributed by atoms with Crippen molar-refractivity contribution in [2.75, 3.05) is 24.6 Å². The van der Waals surface area contributed by atoms with Crippen LogP contribution >= 0.6 is 24.0 Å². The molecule has 0 saturated carbocycles. The van der Waals surface area contributed by atoms with Gasteiger partial charge in [-0.1, -0.05) is 23.7 Å². The van der Waals surface area contributed by atoms with Crippen molar-refractivity contribution in [2.45, 2.75) is 31.5 Å². The smallest absolute Gasteiger partial charge is 0.249 e. The number of amides is 2. The second kappa shape index (κ2) is 8.16. The van der Waals surface area contributed by atoms with Crippen molar-refractivity contribution < 1.29 is 14.3 Å². The third kappa shape index (κ3) is 3.83. The van der Waals surface area contributed by atoms with Crippen LogP contribution in [0.5, 0.6) is 0 Å². The minimum Gasteiger partial charge on any atom is -0.375 e. The Morgan fingerprint density at radius 1 is 1.42 bits per heavy atom. The zero-order valence-electron chi connectivity index (χ0n) is 13.3. The number of carbonyl (C=O) groups excluding carboxylic acids is 2. The molecule has 0 radical (unpaired) electrons. The van der Waals surface area contributed by atoms with Crippen LogP contribution in [-0.2, 0) is 14.3 Å². The first-order valence-corrected chi connectivity index (χ1v) is 8.17. The minimum absolute atomic E-state index is 0. The summed E-state index contributed by atoms with van der Waals surface area (Å²) in [5.41, 5.74) is 0.684. The lowest BCUT2D eigenvalue weighted by atomic mass is 10.1. The number of nitrogens with one attached hydrogen (secondary N) is 2. The van der Waals surface area contributed by atoms with Gasteiger partial charge >= 0.3 is 0 Å². The van der Waals surface area contributed by atoms with Gasteiger partial charge in [-0.15, -0.1) is 12.4 Å². The molecule has 0 spiro atoms. The van der Waals surface area contributed by atoms with Crippen LogP contribution in [0.3, 0.4) is 0 Å². The van der Waals surface area contributed by atoms with Gasteiger partial charge in [-0.25, -0.2) is 0 Å². The van der Waals surface area contributed by atoms with E-state index in [-0.39, 0.29) is 30.3 Å². The first-order valence-electron chi connectivity index (χ1n) is 7.79. The van der Waals surface area contributed by atoms with Gasteiger partial charge < -0.3 is 20.3 Å². The van der Waals surface area contributed by atoms with Gasteiger partial charge in [0.2, 0.25) is 11.8 Å². The van der Waals surface area contributed by atoms with Gasteiger partial charge in [0.05, 0.1) is 23.4 Å². The molecule has 2 fully saturated rings. The Hall–Kier alpha value is -1.34. The number of hydrogen-bond acceptors (Lipinski definition) is 4. The molecule has 8 heteroatoms. The molecule has 2 saturated heterocycles. The number of hydrogen-bond donors (Lipinski definition) is 2. The van der Waals surface area contributed by atoms with E-state index in [4.69, 9.17) is 16.3 Å². The molecule has 1 aromatic rings. The molecule has 24 heavy (non-hydrogen) atoms. The Labute approximate surface area is 152 Å². The van der Waals surface area contributed by atoms with E-state index in [1.54, 1.807) is 11.0 Å². The van der Waals surface area contributed by atoms with E-state index < -0.39 is 12.1 Å². The van der Waals surface area contributed by atoms with Gasteiger partial charge in [0.1, 0.15) is 12.1 Å². The Balaban J connectivity index is 0.00000208. The molecule has 3 rings (SSSR count). The van der Waals surface area contributed by atoms with Crippen LogP contribution in [0.1, 0.15) is 13.3 Å². The van der Waals surface area contributed by atoms with Crippen LogP contribution in [0, 0.1) is 0 Å². The van der Waals surface area contributed by atoms with Gasteiger partial charge in [-0.2, -0.15) is 0 Å². The molecule has 0 aliphatic carbocycles. The minimum atomic E-state index is -0.519. The van der Waals surface area contributed by atoms with Crippen molar-refractivity contribution in [1.29, 1.82) is 0 Å². The zero-order valence-corrected chi connectivity index (χ0v) is 14.9. The maximum absolute atomic E-state index is 12.6. The topological polar surface area (TPSA) is 70.7 Å². The first kappa shape index (κ1) is 19.0. The van der Waals surface area contributed by atoms with Crippen molar-refractivity contribution in [3.8, 4) is 0 Å². The van der Waals surface area contributed by atoms with Crippen molar-refractivity contribution in [3.05, 3.63) is 29.3 Å². The third-order valence-electron chi connectivity index (χ3n) is 4.26. The monoisotopic (exact) mass is 373 g/mol. The van der Waals surface area contributed by atoms with Crippen molar-refractivity contribution >= 4 is 41.5 Å². The van der Waals surface area contributed by atoms with E-state index in [0.29, 0.717) is 36.8 Å². The number of halogens is 2. The van der Waals surface area contributed by atoms with Crippen molar-refractivity contribution in [1.82, 2.24) is 10.6 Å². The van der Waals surface area contributed by atoms with E-state index >= 15 is 0 Å². The standard InChI is InChI=1S/C16H20ClN3O3.ClH/c1-10-14(18-7-9-23-10)15(21)19-12-6-8-20(16(12)22)13-5-3-2-4-11(13)17;/h2-5,10,12,14,18H,6-9H2,1H3,(H,19,21);1H/t10-,12?,14+;/m1./s1. The van der Waals surface area contributed by atoms with E-state index in [0.717, 1.165) is 0 Å². The second-order valence-electron chi connectivity index (χ2n) is 5.80. The molecule has 2 N–H and O–H groups in total. The van der Waals surface area contributed by atoms with Gasteiger partial charge in [0, 0.05) is 13.1 Å². The van der Waals surface area contributed by atoms with Crippen LogP contribution < -0.4 is 15.5 Å². The lowest BCUT2D eigenvalue weighted by Gasteiger charge is -2.30. The summed E-state index contributed by atoms with van der Waals surface area (Å²) < 4.78 is 5.47. The SMILES string of the molecule is C[C@H]1OCCN[C@@H]1C(=O)NC1CCN(c2ccccc2Cl)C1=O.Cl. The number of rotatable bonds is 3. The lowest BCUT2D eigenvalue weighted by molar-refractivity contribution is -0.132. The van der Waals surface area contributed by atoms with E-state index in [1.165, 1.54) is 0 Å². The lowest BCUT2D eigenvalue weighted by Crippen LogP contribution is -2.57. The van der Waals surface area contributed by atoms with E-state index in [2.05, 4.69) is 10.6 Å². The molecule has 2 aliphatic heterocycles. The molecule has 2 aliphatic rings. The average molecular weight is 374 g/mol. The predicted molar refractivity (Wildman–Crippen MR) is 94.8 cm³/mol. The summed E-state index contributed by atoms with van der Waals surface area (Å²) in [5.74, 6) is -0.326. The number of anilines is 1. The summed E-state index contributed by atoms with van der Waals surface area (Å²) in [6, 6.07) is 6.28. The summed E-state index contributed by atoms with van der Waals surface area (Å²) >= 11 is 6.16. The summed E-state index contributed by atoms with van der Waals surface area (Å²) in [6.45, 7) is 3.61. The van der Waals surface area contributed by atoms with Crippen LogP contribution in [0.25, 0.3) is 0 Å². The molecule has 0 bridgehead atoms. The zero-order chi connectivity index (χ0) is 16.4. The number of para-hydroxylation sites is 1. The molecule has 1 unspecified atom stereocenters. The number of carbonyl (C=O) groups is 2. The van der Waals surface area contributed by atoms with Crippen LogP contribution in [0.4, 0.5) is 5.69 Å². The van der Waals surface area contributed by atoms with E-state index in [9.17, 15) is 9.59 Å². The largest absolute Gasteiger partial charge is 0.375 e. The first-order chi connectivity index (χ1) is 11.1. The summed E-state index contributed by atoms with van der Waals surface area (Å²) in [5, 5.41) is 6.49. The van der Waals surface area contributed by atoms with Crippen molar-refractivity contribution in [2.24, 2.45) is 0 Å². The number of ether oxygens (including phenoxy) is 1. The Bertz CT molecular complexity index is 614.